The lowest BCUT2D eigenvalue weighted by Gasteiger charge is -2.10. The maximum Gasteiger partial charge on any atom is 0.232 e. The van der Waals surface area contributed by atoms with E-state index in [0.29, 0.717) is 0 Å². The summed E-state index contributed by atoms with van der Waals surface area (Å²) in [4.78, 5) is 12.0. The number of para-hydroxylation sites is 1. The molecular weight excluding hydrogens is 188 g/mol. The van der Waals surface area contributed by atoms with Crippen LogP contribution in [0.2, 0.25) is 0 Å². The molecule has 1 spiro atoms. The van der Waals surface area contributed by atoms with E-state index >= 15 is 0 Å². The molecule has 1 saturated carbocycles. The molecule has 3 nitrogen and oxygen atoms in total. The summed E-state index contributed by atoms with van der Waals surface area (Å²) in [7, 11) is 0. The van der Waals surface area contributed by atoms with Crippen molar-refractivity contribution in [1.29, 1.82) is 0 Å². The first-order chi connectivity index (χ1) is 7.21. The normalized spacial score (nSPS) is 21.3. The Balaban J connectivity index is 2.04. The first-order valence-corrected chi connectivity index (χ1v) is 5.36. The van der Waals surface area contributed by atoms with Crippen LogP contribution in [-0.2, 0) is 4.79 Å². The molecule has 1 aromatic carbocycles. The molecule has 0 atom stereocenters. The molecule has 15 heavy (non-hydrogen) atoms. The van der Waals surface area contributed by atoms with Gasteiger partial charge in [-0.1, -0.05) is 12.1 Å². The summed E-state index contributed by atoms with van der Waals surface area (Å²) < 4.78 is 0. The minimum absolute atomic E-state index is 0.120. The lowest BCUT2D eigenvalue weighted by Crippen LogP contribution is -2.27. The van der Waals surface area contributed by atoms with Crippen LogP contribution in [0.15, 0.2) is 18.2 Å². The zero-order valence-corrected chi connectivity index (χ0v) is 8.76. The SMILES string of the molecule is Cc1cccc2c1NC(=O)C1(CC1)CN2. The van der Waals surface area contributed by atoms with E-state index in [1.165, 1.54) is 0 Å². The van der Waals surface area contributed by atoms with Gasteiger partial charge in [-0.2, -0.15) is 0 Å². The van der Waals surface area contributed by atoms with Crippen molar-refractivity contribution in [3.63, 3.8) is 0 Å². The number of anilines is 2. The number of aryl methyl sites for hydroxylation is 1. The van der Waals surface area contributed by atoms with E-state index in [1.54, 1.807) is 0 Å². The molecule has 0 saturated heterocycles. The van der Waals surface area contributed by atoms with Crippen molar-refractivity contribution in [2.75, 3.05) is 17.2 Å². The Morgan fingerprint density at radius 3 is 2.87 bits per heavy atom. The quantitative estimate of drug-likeness (QED) is 0.676. The Morgan fingerprint density at radius 2 is 2.13 bits per heavy atom. The molecule has 3 heteroatoms. The van der Waals surface area contributed by atoms with Crippen molar-refractivity contribution >= 4 is 17.3 Å². The van der Waals surface area contributed by atoms with Crippen LogP contribution in [0.1, 0.15) is 18.4 Å². The lowest BCUT2D eigenvalue weighted by atomic mass is 10.1. The Labute approximate surface area is 88.9 Å². The molecule has 0 aromatic heterocycles. The monoisotopic (exact) mass is 202 g/mol. The smallest absolute Gasteiger partial charge is 0.232 e. The molecule has 1 amide bonds. The van der Waals surface area contributed by atoms with E-state index in [4.69, 9.17) is 0 Å². The molecule has 0 bridgehead atoms. The maximum absolute atomic E-state index is 12.0. The molecule has 1 heterocycles. The van der Waals surface area contributed by atoms with E-state index in [9.17, 15) is 4.79 Å². The first-order valence-electron chi connectivity index (χ1n) is 5.36. The number of rotatable bonds is 0. The molecule has 78 valence electrons. The molecule has 1 aliphatic carbocycles. The van der Waals surface area contributed by atoms with Gasteiger partial charge in [-0.15, -0.1) is 0 Å². The second kappa shape index (κ2) is 2.75. The molecule has 1 fully saturated rings. The summed E-state index contributed by atoms with van der Waals surface area (Å²) in [5.41, 5.74) is 3.00. The number of hydrogen-bond acceptors (Lipinski definition) is 2. The zero-order chi connectivity index (χ0) is 10.5. The average molecular weight is 202 g/mol. The van der Waals surface area contributed by atoms with Crippen molar-refractivity contribution in [1.82, 2.24) is 0 Å². The minimum atomic E-state index is -0.120. The third kappa shape index (κ3) is 1.23. The van der Waals surface area contributed by atoms with Gasteiger partial charge in [0.05, 0.1) is 16.8 Å². The molecule has 2 aliphatic rings. The molecule has 0 unspecified atom stereocenters. The van der Waals surface area contributed by atoms with Crippen molar-refractivity contribution in [2.45, 2.75) is 19.8 Å². The number of amides is 1. The van der Waals surface area contributed by atoms with Crippen LogP contribution in [0.25, 0.3) is 0 Å². The number of fused-ring (bicyclic) bond motifs is 1. The van der Waals surface area contributed by atoms with E-state index in [-0.39, 0.29) is 11.3 Å². The van der Waals surface area contributed by atoms with Gasteiger partial charge in [0.15, 0.2) is 0 Å². The van der Waals surface area contributed by atoms with Gasteiger partial charge in [0, 0.05) is 6.54 Å². The molecule has 0 radical (unpaired) electrons. The minimum Gasteiger partial charge on any atom is -0.382 e. The van der Waals surface area contributed by atoms with Crippen molar-refractivity contribution < 1.29 is 4.79 Å². The number of nitrogens with one attached hydrogen (secondary N) is 2. The molecule has 1 aromatic rings. The summed E-state index contributed by atoms with van der Waals surface area (Å²) >= 11 is 0. The van der Waals surface area contributed by atoms with E-state index in [1.807, 2.05) is 25.1 Å². The number of carbonyl (C=O) groups excluding carboxylic acids is 1. The highest BCUT2D eigenvalue weighted by atomic mass is 16.2. The van der Waals surface area contributed by atoms with Crippen molar-refractivity contribution in [2.24, 2.45) is 5.41 Å². The van der Waals surface area contributed by atoms with E-state index in [0.717, 1.165) is 36.3 Å². The summed E-state index contributed by atoms with van der Waals surface area (Å²) in [6.45, 7) is 2.79. The molecule has 3 rings (SSSR count). The molecule has 2 N–H and O–H groups in total. The second-order valence-electron chi connectivity index (χ2n) is 4.59. The number of carbonyl (C=O) groups is 1. The third-order valence-electron chi connectivity index (χ3n) is 3.46. The van der Waals surface area contributed by atoms with Gasteiger partial charge < -0.3 is 10.6 Å². The van der Waals surface area contributed by atoms with Gasteiger partial charge in [0.25, 0.3) is 0 Å². The summed E-state index contributed by atoms with van der Waals surface area (Å²) in [6.07, 6.45) is 2.03. The first kappa shape index (κ1) is 8.77. The highest BCUT2D eigenvalue weighted by Gasteiger charge is 2.50. The van der Waals surface area contributed by atoms with Crippen molar-refractivity contribution in [3.8, 4) is 0 Å². The highest BCUT2D eigenvalue weighted by molar-refractivity contribution is 6.02. The Hall–Kier alpha value is -1.51. The number of benzene rings is 1. The largest absolute Gasteiger partial charge is 0.382 e. The Kier molecular flexibility index (Phi) is 1.61. The fourth-order valence-electron chi connectivity index (χ4n) is 2.13. The van der Waals surface area contributed by atoms with Gasteiger partial charge in [-0.05, 0) is 31.4 Å². The van der Waals surface area contributed by atoms with Gasteiger partial charge in [-0.25, -0.2) is 0 Å². The fraction of sp³-hybridized carbons (Fsp3) is 0.417. The Bertz CT molecular complexity index is 435. The molecular formula is C12H14N2O. The van der Waals surface area contributed by atoms with Crippen LogP contribution in [0.4, 0.5) is 11.4 Å². The van der Waals surface area contributed by atoms with Gasteiger partial charge in [-0.3, -0.25) is 4.79 Å². The number of hydrogen-bond donors (Lipinski definition) is 2. The molecule has 1 aliphatic heterocycles. The van der Waals surface area contributed by atoms with E-state index in [2.05, 4.69) is 10.6 Å². The van der Waals surface area contributed by atoms with Crippen LogP contribution >= 0.6 is 0 Å². The predicted molar refractivity (Wildman–Crippen MR) is 60.0 cm³/mol. The summed E-state index contributed by atoms with van der Waals surface area (Å²) in [5, 5.41) is 6.41. The van der Waals surface area contributed by atoms with Gasteiger partial charge in [0.1, 0.15) is 0 Å². The topological polar surface area (TPSA) is 41.1 Å². The Morgan fingerprint density at radius 1 is 1.33 bits per heavy atom. The maximum atomic E-state index is 12.0. The van der Waals surface area contributed by atoms with Gasteiger partial charge in [0.2, 0.25) is 5.91 Å². The van der Waals surface area contributed by atoms with Gasteiger partial charge >= 0.3 is 0 Å². The zero-order valence-electron chi connectivity index (χ0n) is 8.76. The lowest BCUT2D eigenvalue weighted by molar-refractivity contribution is -0.120. The summed E-state index contributed by atoms with van der Waals surface area (Å²) in [5.74, 6) is 0.183. The van der Waals surface area contributed by atoms with Crippen LogP contribution < -0.4 is 10.6 Å². The van der Waals surface area contributed by atoms with Crippen LogP contribution in [0, 0.1) is 12.3 Å². The second-order valence-corrected chi connectivity index (χ2v) is 4.59. The standard InChI is InChI=1S/C12H14N2O/c1-8-3-2-4-9-10(8)14-11(15)12(5-6-12)7-13-9/h2-4,13H,5-7H2,1H3,(H,14,15). The predicted octanol–water partition coefficient (Wildman–Crippen LogP) is 2.14. The van der Waals surface area contributed by atoms with Crippen LogP contribution in [0.5, 0.6) is 0 Å². The summed E-state index contributed by atoms with van der Waals surface area (Å²) in [6, 6.07) is 6.05. The third-order valence-corrected chi connectivity index (χ3v) is 3.46. The van der Waals surface area contributed by atoms with Crippen LogP contribution in [0.3, 0.4) is 0 Å². The highest BCUT2D eigenvalue weighted by Crippen LogP contribution is 2.48. The van der Waals surface area contributed by atoms with Crippen molar-refractivity contribution in [3.05, 3.63) is 23.8 Å². The fourth-order valence-corrected chi connectivity index (χ4v) is 2.13. The van der Waals surface area contributed by atoms with Crippen LogP contribution in [-0.4, -0.2) is 12.5 Å². The average Bonchev–Trinajstić information content (AvgIpc) is 3.00. The van der Waals surface area contributed by atoms with E-state index < -0.39 is 0 Å².